The molecule has 2 bridgehead atoms. The van der Waals surface area contributed by atoms with E-state index in [1.165, 1.54) is 18.5 Å². The second-order valence-electron chi connectivity index (χ2n) is 4.89. The molecule has 2 saturated heterocycles. The fourth-order valence-corrected chi connectivity index (χ4v) is 2.73. The summed E-state index contributed by atoms with van der Waals surface area (Å²) in [5, 5.41) is 11.6. The maximum Gasteiger partial charge on any atom is 0.170 e. The molecule has 0 saturated carbocycles. The molecule has 2 unspecified atom stereocenters. The van der Waals surface area contributed by atoms with E-state index < -0.39 is 0 Å². The lowest BCUT2D eigenvalue weighted by atomic mass is 10.1. The summed E-state index contributed by atoms with van der Waals surface area (Å²) in [6.45, 7) is 1.92. The van der Waals surface area contributed by atoms with Gasteiger partial charge in [-0.25, -0.2) is 0 Å². The first kappa shape index (κ1) is 11.3. The van der Waals surface area contributed by atoms with Gasteiger partial charge in [0.05, 0.1) is 12.2 Å². The topological polar surface area (TPSA) is 71.1 Å². The average Bonchev–Trinajstić information content (AvgIpc) is 2.77. The third-order valence-corrected chi connectivity index (χ3v) is 3.68. The first-order valence-electron chi connectivity index (χ1n) is 6.24. The number of amidine groups is 1. The third-order valence-electron chi connectivity index (χ3n) is 3.68. The van der Waals surface area contributed by atoms with E-state index in [9.17, 15) is 0 Å². The van der Waals surface area contributed by atoms with Crippen LogP contribution in [0.2, 0.25) is 0 Å². The lowest BCUT2D eigenvalue weighted by molar-refractivity contribution is 0.0305. The Balaban J connectivity index is 1.77. The van der Waals surface area contributed by atoms with Gasteiger partial charge in [-0.05, 0) is 37.1 Å². The highest BCUT2D eigenvalue weighted by Crippen LogP contribution is 2.29. The van der Waals surface area contributed by atoms with Crippen molar-refractivity contribution in [3.05, 3.63) is 29.8 Å². The number of benzene rings is 1. The number of hydrogen-bond acceptors (Lipinski definition) is 4. The molecular formula is C13H17N3O2. The Kier molecular flexibility index (Phi) is 2.83. The molecule has 3 N–H and O–H groups in total. The van der Waals surface area contributed by atoms with Crippen LogP contribution in [0, 0.1) is 0 Å². The molecule has 1 aromatic rings. The van der Waals surface area contributed by atoms with Crippen LogP contribution in [0.5, 0.6) is 0 Å². The Hall–Kier alpha value is -1.75. The van der Waals surface area contributed by atoms with Crippen LogP contribution in [0.3, 0.4) is 0 Å². The fraction of sp³-hybridized carbons (Fsp3) is 0.462. The summed E-state index contributed by atoms with van der Waals surface area (Å²) in [6, 6.07) is 7.78. The molecule has 2 heterocycles. The Morgan fingerprint density at radius 3 is 2.39 bits per heavy atom. The van der Waals surface area contributed by atoms with Gasteiger partial charge in [0.15, 0.2) is 5.84 Å². The molecule has 2 fully saturated rings. The van der Waals surface area contributed by atoms with Gasteiger partial charge < -0.3 is 20.6 Å². The molecule has 2 aliphatic heterocycles. The monoisotopic (exact) mass is 247 g/mol. The molecular weight excluding hydrogens is 230 g/mol. The number of hydrogen-bond donors (Lipinski definition) is 2. The zero-order chi connectivity index (χ0) is 12.5. The number of ether oxygens (including phenoxy) is 1. The molecule has 0 aromatic heterocycles. The Bertz CT molecular complexity index is 446. The fourth-order valence-electron chi connectivity index (χ4n) is 2.73. The van der Waals surface area contributed by atoms with E-state index in [2.05, 4.69) is 10.1 Å². The van der Waals surface area contributed by atoms with Crippen molar-refractivity contribution in [3.63, 3.8) is 0 Å². The smallest absolute Gasteiger partial charge is 0.170 e. The standard InChI is InChI=1S/C13H17N3O2/c14-13(15-17)9-1-3-10(4-2-9)16-7-11-5-6-12(8-16)18-11/h1-4,11-12,17H,5-8H2,(H2,14,15). The predicted molar refractivity (Wildman–Crippen MR) is 69.1 cm³/mol. The molecule has 1 aromatic carbocycles. The van der Waals surface area contributed by atoms with Crippen LogP contribution in [0.25, 0.3) is 0 Å². The minimum atomic E-state index is 0.142. The number of rotatable bonds is 2. The molecule has 5 heteroatoms. The van der Waals surface area contributed by atoms with Gasteiger partial charge in [-0.15, -0.1) is 0 Å². The van der Waals surface area contributed by atoms with Crippen molar-refractivity contribution in [2.75, 3.05) is 18.0 Å². The second-order valence-corrected chi connectivity index (χ2v) is 4.89. The number of anilines is 1. The van der Waals surface area contributed by atoms with E-state index in [0.717, 1.165) is 18.7 Å². The van der Waals surface area contributed by atoms with Crippen molar-refractivity contribution < 1.29 is 9.94 Å². The summed E-state index contributed by atoms with van der Waals surface area (Å²) in [5.41, 5.74) is 7.45. The highest BCUT2D eigenvalue weighted by molar-refractivity contribution is 5.97. The van der Waals surface area contributed by atoms with Gasteiger partial charge in [0, 0.05) is 24.3 Å². The largest absolute Gasteiger partial charge is 0.409 e. The van der Waals surface area contributed by atoms with Crippen molar-refractivity contribution >= 4 is 11.5 Å². The van der Waals surface area contributed by atoms with Gasteiger partial charge in [0.1, 0.15) is 0 Å². The minimum Gasteiger partial charge on any atom is -0.409 e. The van der Waals surface area contributed by atoms with E-state index in [4.69, 9.17) is 15.7 Å². The zero-order valence-electron chi connectivity index (χ0n) is 10.1. The van der Waals surface area contributed by atoms with Gasteiger partial charge in [-0.3, -0.25) is 0 Å². The summed E-state index contributed by atoms with van der Waals surface area (Å²) in [6.07, 6.45) is 3.10. The molecule has 0 amide bonds. The molecule has 2 aliphatic rings. The second kappa shape index (κ2) is 4.49. The van der Waals surface area contributed by atoms with Gasteiger partial charge >= 0.3 is 0 Å². The summed E-state index contributed by atoms with van der Waals surface area (Å²) < 4.78 is 5.81. The lowest BCUT2D eigenvalue weighted by Crippen LogP contribution is -2.42. The van der Waals surface area contributed by atoms with Crippen LogP contribution in [0.1, 0.15) is 18.4 Å². The van der Waals surface area contributed by atoms with Crippen molar-refractivity contribution in [1.82, 2.24) is 0 Å². The van der Waals surface area contributed by atoms with Crippen LogP contribution in [-0.4, -0.2) is 36.3 Å². The first-order chi connectivity index (χ1) is 8.76. The number of fused-ring (bicyclic) bond motifs is 2. The quantitative estimate of drug-likeness (QED) is 0.356. The average molecular weight is 247 g/mol. The van der Waals surface area contributed by atoms with Crippen molar-refractivity contribution in [3.8, 4) is 0 Å². The SMILES string of the molecule is NC(=NO)c1ccc(N2CC3CCC(C2)O3)cc1. The zero-order valence-corrected chi connectivity index (χ0v) is 10.1. The number of oxime groups is 1. The number of nitrogens with zero attached hydrogens (tertiary/aromatic N) is 2. The highest BCUT2D eigenvalue weighted by atomic mass is 16.5. The summed E-state index contributed by atoms with van der Waals surface area (Å²) in [5.74, 6) is 0.142. The van der Waals surface area contributed by atoms with E-state index in [-0.39, 0.29) is 5.84 Å². The molecule has 18 heavy (non-hydrogen) atoms. The third kappa shape index (κ3) is 2.01. The van der Waals surface area contributed by atoms with Gasteiger partial charge in [0.2, 0.25) is 0 Å². The number of nitrogens with two attached hydrogens (primary N) is 1. The Morgan fingerprint density at radius 1 is 1.22 bits per heavy atom. The summed E-state index contributed by atoms with van der Waals surface area (Å²) >= 11 is 0. The maximum atomic E-state index is 8.62. The van der Waals surface area contributed by atoms with Crippen LogP contribution < -0.4 is 10.6 Å². The van der Waals surface area contributed by atoms with Crippen molar-refractivity contribution in [1.29, 1.82) is 0 Å². The lowest BCUT2D eigenvalue weighted by Gasteiger charge is -2.33. The summed E-state index contributed by atoms with van der Waals surface area (Å²) in [7, 11) is 0. The maximum absolute atomic E-state index is 8.62. The predicted octanol–water partition coefficient (Wildman–Crippen LogP) is 1.15. The molecule has 2 atom stereocenters. The van der Waals surface area contributed by atoms with E-state index in [1.54, 1.807) is 0 Å². The van der Waals surface area contributed by atoms with Gasteiger partial charge in [-0.2, -0.15) is 0 Å². The van der Waals surface area contributed by atoms with Crippen molar-refractivity contribution in [2.24, 2.45) is 10.9 Å². The number of morpholine rings is 1. The molecule has 3 rings (SSSR count). The van der Waals surface area contributed by atoms with Crippen LogP contribution in [0.15, 0.2) is 29.4 Å². The first-order valence-corrected chi connectivity index (χ1v) is 6.24. The van der Waals surface area contributed by atoms with Crippen LogP contribution in [-0.2, 0) is 4.74 Å². The van der Waals surface area contributed by atoms with Gasteiger partial charge in [-0.1, -0.05) is 5.16 Å². The molecule has 0 radical (unpaired) electrons. The molecule has 5 nitrogen and oxygen atoms in total. The Labute approximate surface area is 106 Å². The van der Waals surface area contributed by atoms with Crippen LogP contribution in [0.4, 0.5) is 5.69 Å². The van der Waals surface area contributed by atoms with E-state index in [0.29, 0.717) is 12.2 Å². The molecule has 0 spiro atoms. The minimum absolute atomic E-state index is 0.142. The van der Waals surface area contributed by atoms with E-state index >= 15 is 0 Å². The highest BCUT2D eigenvalue weighted by Gasteiger charge is 2.33. The molecule has 0 aliphatic carbocycles. The van der Waals surface area contributed by atoms with Crippen LogP contribution >= 0.6 is 0 Å². The van der Waals surface area contributed by atoms with E-state index in [1.807, 2.05) is 24.3 Å². The summed E-state index contributed by atoms with van der Waals surface area (Å²) in [4.78, 5) is 2.35. The normalized spacial score (nSPS) is 27.6. The molecule has 96 valence electrons. The Morgan fingerprint density at radius 2 is 1.83 bits per heavy atom. The van der Waals surface area contributed by atoms with Crippen molar-refractivity contribution in [2.45, 2.75) is 25.0 Å². The van der Waals surface area contributed by atoms with Gasteiger partial charge in [0.25, 0.3) is 0 Å².